The van der Waals surface area contributed by atoms with Crippen LogP contribution >= 0.6 is 0 Å². The first kappa shape index (κ1) is 35.1. The zero-order valence-corrected chi connectivity index (χ0v) is 28.0. The van der Waals surface area contributed by atoms with Crippen LogP contribution in [0.2, 0.25) is 0 Å². The minimum Gasteiger partial charge on any atom is -0.490 e. The van der Waals surface area contributed by atoms with Crippen LogP contribution in [0.1, 0.15) is 50.4 Å². The Hall–Kier alpha value is -3.71. The molecule has 4 atom stereocenters. The van der Waals surface area contributed by atoms with Gasteiger partial charge in [0.15, 0.2) is 0 Å². The number of aliphatic hydroxyl groups excluding tert-OH is 1. The predicted octanol–water partition coefficient (Wildman–Crippen LogP) is 5.17. The third-order valence-corrected chi connectivity index (χ3v) is 9.63. The van der Waals surface area contributed by atoms with Gasteiger partial charge in [0.25, 0.3) is 5.91 Å². The quantitative estimate of drug-likeness (QED) is 0.320. The number of amides is 3. The van der Waals surface area contributed by atoms with E-state index in [1.54, 1.807) is 30.0 Å². The molecule has 3 aromatic carbocycles. The van der Waals surface area contributed by atoms with Gasteiger partial charge in [-0.05, 0) is 62.8 Å². The van der Waals surface area contributed by atoms with E-state index in [-0.39, 0.29) is 43.2 Å². The van der Waals surface area contributed by atoms with E-state index in [4.69, 9.17) is 9.47 Å². The number of ether oxygens (including phenoxy) is 2. The lowest BCUT2D eigenvalue weighted by Crippen LogP contribution is -2.47. The molecule has 1 aliphatic heterocycles. The van der Waals surface area contributed by atoms with Gasteiger partial charge >= 0.3 is 6.03 Å². The number of nitrogens with zero attached hydrogens (tertiary/aromatic N) is 2. The molecule has 0 saturated heterocycles. The van der Waals surface area contributed by atoms with Crippen molar-refractivity contribution in [3.05, 3.63) is 66.2 Å². The summed E-state index contributed by atoms with van der Waals surface area (Å²) in [5.74, 6) is -0.288. The van der Waals surface area contributed by atoms with Crippen molar-refractivity contribution < 1.29 is 32.6 Å². The Morgan fingerprint density at radius 3 is 2.57 bits per heavy atom. The van der Waals surface area contributed by atoms with Crippen LogP contribution in [0.3, 0.4) is 0 Å². The fraction of sp³-hybridized carbons (Fsp3) is 0.471. The molecule has 12 heteroatoms. The molecule has 3 amide bonds. The highest BCUT2D eigenvalue weighted by Gasteiger charge is 2.31. The van der Waals surface area contributed by atoms with Crippen LogP contribution in [0, 0.1) is 5.92 Å². The van der Waals surface area contributed by atoms with Gasteiger partial charge < -0.3 is 30.1 Å². The number of sulfonamides is 1. The Bertz CT molecular complexity index is 1610. The largest absolute Gasteiger partial charge is 0.490 e. The van der Waals surface area contributed by atoms with Gasteiger partial charge in [-0.2, -0.15) is 0 Å². The van der Waals surface area contributed by atoms with Gasteiger partial charge in [0.1, 0.15) is 5.75 Å². The van der Waals surface area contributed by atoms with Crippen LogP contribution in [0.5, 0.6) is 5.75 Å². The lowest BCUT2D eigenvalue weighted by atomic mass is 10.0. The van der Waals surface area contributed by atoms with Crippen molar-refractivity contribution in [1.29, 1.82) is 0 Å². The second-order valence-electron chi connectivity index (χ2n) is 12.2. The summed E-state index contributed by atoms with van der Waals surface area (Å²) in [5, 5.41) is 17.8. The fourth-order valence-corrected chi connectivity index (χ4v) is 5.89. The molecule has 0 aromatic heterocycles. The maximum atomic E-state index is 14.3. The van der Waals surface area contributed by atoms with E-state index in [1.165, 1.54) is 11.4 Å². The first-order valence-electron chi connectivity index (χ1n) is 15.7. The molecule has 0 saturated carbocycles. The zero-order valence-electron chi connectivity index (χ0n) is 27.2. The molecule has 3 aromatic rings. The SMILES string of the molecule is C[C@@H]1CCCCO[C@@H](CN(C)S(C)(=O)=O)[C@@H](C)CN([C@H](C)CO)C(=O)c2cc(NC(=O)Nc3cccc4ccccc34)ccc2O1. The molecule has 250 valence electrons. The number of anilines is 2. The molecule has 1 aliphatic rings. The average Bonchev–Trinajstić information content (AvgIpc) is 3.02. The smallest absolute Gasteiger partial charge is 0.323 e. The Morgan fingerprint density at radius 2 is 1.83 bits per heavy atom. The number of rotatable bonds is 7. The predicted molar refractivity (Wildman–Crippen MR) is 181 cm³/mol. The first-order chi connectivity index (χ1) is 21.9. The highest BCUT2D eigenvalue weighted by molar-refractivity contribution is 7.88. The zero-order chi connectivity index (χ0) is 33.4. The van der Waals surface area contributed by atoms with Crippen molar-refractivity contribution in [3.8, 4) is 5.75 Å². The number of carbonyl (C=O) groups is 2. The van der Waals surface area contributed by atoms with E-state index in [9.17, 15) is 23.1 Å². The minimum atomic E-state index is -3.45. The van der Waals surface area contributed by atoms with Crippen LogP contribution in [0.25, 0.3) is 10.8 Å². The molecule has 1 heterocycles. The Labute approximate surface area is 271 Å². The summed E-state index contributed by atoms with van der Waals surface area (Å²) < 4.78 is 38.1. The summed E-state index contributed by atoms with van der Waals surface area (Å²) in [6, 6.07) is 17.3. The van der Waals surface area contributed by atoms with Crippen molar-refractivity contribution in [3.63, 3.8) is 0 Å². The van der Waals surface area contributed by atoms with E-state index >= 15 is 0 Å². The summed E-state index contributed by atoms with van der Waals surface area (Å²) in [5.41, 5.74) is 1.28. The summed E-state index contributed by atoms with van der Waals surface area (Å²) in [6.07, 6.45) is 2.74. The fourth-order valence-electron chi connectivity index (χ4n) is 5.47. The number of urea groups is 1. The summed E-state index contributed by atoms with van der Waals surface area (Å²) >= 11 is 0. The molecule has 0 fully saturated rings. The molecular formula is C34H46N4O7S. The van der Waals surface area contributed by atoms with Crippen LogP contribution in [-0.4, -0.2) is 92.5 Å². The first-order valence-corrected chi connectivity index (χ1v) is 17.5. The minimum absolute atomic E-state index is 0.130. The Morgan fingerprint density at radius 1 is 1.09 bits per heavy atom. The van der Waals surface area contributed by atoms with Gasteiger partial charge in [-0.1, -0.05) is 43.3 Å². The van der Waals surface area contributed by atoms with Crippen molar-refractivity contribution in [2.24, 2.45) is 5.92 Å². The summed E-state index contributed by atoms with van der Waals surface area (Å²) in [4.78, 5) is 29.0. The molecule has 3 N–H and O–H groups in total. The van der Waals surface area contributed by atoms with Gasteiger partial charge in [-0.3, -0.25) is 4.79 Å². The Balaban J connectivity index is 1.64. The van der Waals surface area contributed by atoms with Gasteiger partial charge in [-0.25, -0.2) is 17.5 Å². The van der Waals surface area contributed by atoms with E-state index in [1.807, 2.05) is 56.3 Å². The van der Waals surface area contributed by atoms with E-state index < -0.39 is 28.2 Å². The molecule has 0 bridgehead atoms. The number of benzene rings is 3. The number of nitrogens with one attached hydrogen (secondary N) is 2. The van der Waals surface area contributed by atoms with Crippen LogP contribution in [0.4, 0.5) is 16.2 Å². The number of hydrogen-bond donors (Lipinski definition) is 3. The van der Waals surface area contributed by atoms with E-state index in [2.05, 4.69) is 10.6 Å². The maximum Gasteiger partial charge on any atom is 0.323 e. The maximum absolute atomic E-state index is 14.3. The van der Waals surface area contributed by atoms with Crippen molar-refractivity contribution in [2.75, 3.05) is 50.2 Å². The highest BCUT2D eigenvalue weighted by Crippen LogP contribution is 2.29. The van der Waals surface area contributed by atoms with Gasteiger partial charge in [0, 0.05) is 43.7 Å². The summed E-state index contributed by atoms with van der Waals surface area (Å²) in [7, 11) is -1.94. The molecule has 0 radical (unpaired) electrons. The molecule has 4 rings (SSSR count). The average molecular weight is 655 g/mol. The van der Waals surface area contributed by atoms with Crippen molar-refractivity contribution in [2.45, 2.75) is 58.3 Å². The van der Waals surface area contributed by atoms with Gasteiger partial charge in [0.05, 0.1) is 42.4 Å². The van der Waals surface area contributed by atoms with Crippen molar-refractivity contribution >= 4 is 44.1 Å². The lowest BCUT2D eigenvalue weighted by molar-refractivity contribution is -0.00828. The highest BCUT2D eigenvalue weighted by atomic mass is 32.2. The Kier molecular flexibility index (Phi) is 12.0. The van der Waals surface area contributed by atoms with Gasteiger partial charge in [0.2, 0.25) is 10.0 Å². The van der Waals surface area contributed by atoms with E-state index in [0.29, 0.717) is 30.2 Å². The van der Waals surface area contributed by atoms with Crippen LogP contribution in [0.15, 0.2) is 60.7 Å². The second-order valence-corrected chi connectivity index (χ2v) is 14.2. The third kappa shape index (κ3) is 9.18. The lowest BCUT2D eigenvalue weighted by Gasteiger charge is -2.35. The number of fused-ring (bicyclic) bond motifs is 2. The number of aliphatic hydroxyl groups is 1. The number of likely N-dealkylation sites (N-methyl/N-ethyl adjacent to an activating group) is 1. The normalized spacial score (nSPS) is 20.8. The molecular weight excluding hydrogens is 608 g/mol. The van der Waals surface area contributed by atoms with Crippen molar-refractivity contribution in [1.82, 2.24) is 9.21 Å². The molecule has 0 unspecified atom stereocenters. The molecule has 46 heavy (non-hydrogen) atoms. The topological polar surface area (TPSA) is 138 Å². The monoisotopic (exact) mass is 654 g/mol. The van der Waals surface area contributed by atoms with Crippen LogP contribution < -0.4 is 15.4 Å². The molecule has 11 nitrogen and oxygen atoms in total. The standard InChI is InChI=1S/C34H46N4O7S/c1-23-20-38(24(2)22-39)33(40)29-19-27(35-34(41)36-30-15-10-13-26-12-6-7-14-28(26)30)16-17-31(29)45-25(3)11-8-9-18-44-32(23)21-37(4)46(5,42)43/h6-7,10,12-17,19,23-25,32,39H,8-9,11,18,20-22H2,1-5H3,(H2,35,36,41)/t23-,24+,25+,32-/m0/s1. The van der Waals surface area contributed by atoms with Crippen LogP contribution in [-0.2, 0) is 14.8 Å². The molecule has 0 aliphatic carbocycles. The van der Waals surface area contributed by atoms with Gasteiger partial charge in [-0.15, -0.1) is 0 Å². The molecule has 0 spiro atoms. The second kappa shape index (κ2) is 15.7. The number of hydrogen-bond acceptors (Lipinski definition) is 7. The van der Waals surface area contributed by atoms with E-state index in [0.717, 1.165) is 29.9 Å². The third-order valence-electron chi connectivity index (χ3n) is 8.35. The summed E-state index contributed by atoms with van der Waals surface area (Å²) in [6.45, 7) is 6.06. The number of carbonyl (C=O) groups excluding carboxylic acids is 2.